The van der Waals surface area contributed by atoms with E-state index in [1.165, 1.54) is 11.6 Å². The van der Waals surface area contributed by atoms with Gasteiger partial charge in [-0.15, -0.1) is 0 Å². The summed E-state index contributed by atoms with van der Waals surface area (Å²) >= 11 is 0. The summed E-state index contributed by atoms with van der Waals surface area (Å²) in [5.41, 5.74) is 3.67. The van der Waals surface area contributed by atoms with Crippen LogP contribution < -0.4 is 4.74 Å². The monoisotopic (exact) mass is 410 g/mol. The second kappa shape index (κ2) is 8.88. The summed E-state index contributed by atoms with van der Waals surface area (Å²) in [4.78, 5) is 17.8. The Morgan fingerprint density at radius 1 is 1.20 bits per heavy atom. The molecule has 5 nitrogen and oxygen atoms in total. The third-order valence-corrected chi connectivity index (χ3v) is 5.87. The zero-order chi connectivity index (χ0) is 21.1. The Morgan fingerprint density at radius 3 is 2.73 bits per heavy atom. The van der Waals surface area contributed by atoms with Crippen molar-refractivity contribution in [2.45, 2.75) is 32.2 Å². The lowest BCUT2D eigenvalue weighted by molar-refractivity contribution is 0.0522. The molecule has 3 aromatic rings. The summed E-state index contributed by atoms with van der Waals surface area (Å²) in [5, 5.41) is 1.11. The lowest BCUT2D eigenvalue weighted by atomic mass is 9.89. The van der Waals surface area contributed by atoms with E-state index in [0.29, 0.717) is 23.8 Å². The van der Waals surface area contributed by atoms with Gasteiger partial charge in [-0.05, 0) is 80.2 Å². The van der Waals surface area contributed by atoms with E-state index in [4.69, 9.17) is 9.47 Å². The number of ether oxygens (including phenoxy) is 2. The fourth-order valence-electron chi connectivity index (χ4n) is 4.34. The Labute approximate surface area is 175 Å². The van der Waals surface area contributed by atoms with Crippen LogP contribution in [0.4, 0.5) is 4.39 Å². The van der Waals surface area contributed by atoms with Crippen LogP contribution >= 0.6 is 0 Å². The number of hydrogen-bond acceptors (Lipinski definition) is 4. The van der Waals surface area contributed by atoms with Crippen LogP contribution in [0.15, 0.2) is 42.6 Å². The number of aromatic amines is 1. The molecule has 0 atom stereocenters. The highest BCUT2D eigenvalue weighted by Gasteiger charge is 2.23. The maximum absolute atomic E-state index is 13.5. The summed E-state index contributed by atoms with van der Waals surface area (Å²) in [6, 6.07) is 10.7. The second-order valence-corrected chi connectivity index (χ2v) is 7.74. The molecular formula is C24H27FN2O3. The van der Waals surface area contributed by atoms with Gasteiger partial charge in [0.25, 0.3) is 0 Å². The average molecular weight is 410 g/mol. The number of aromatic nitrogens is 1. The van der Waals surface area contributed by atoms with Crippen molar-refractivity contribution in [3.63, 3.8) is 0 Å². The Bertz CT molecular complexity index is 1040. The molecule has 1 N–H and O–H groups in total. The number of piperidine rings is 1. The van der Waals surface area contributed by atoms with Gasteiger partial charge in [-0.3, -0.25) is 4.90 Å². The number of nitrogens with one attached hydrogen (secondary N) is 1. The number of halogens is 1. The van der Waals surface area contributed by atoms with E-state index >= 15 is 0 Å². The van der Waals surface area contributed by atoms with Gasteiger partial charge in [0, 0.05) is 23.6 Å². The number of nitrogens with zero attached hydrogens (tertiary/aromatic N) is 1. The van der Waals surface area contributed by atoms with Crippen LogP contribution in [0, 0.1) is 5.82 Å². The molecule has 1 saturated heterocycles. The largest absolute Gasteiger partial charge is 0.496 e. The van der Waals surface area contributed by atoms with Gasteiger partial charge in [0.05, 0.1) is 13.7 Å². The highest BCUT2D eigenvalue weighted by molar-refractivity contribution is 5.92. The number of methoxy groups -OCH3 is 1. The first-order valence-corrected chi connectivity index (χ1v) is 10.4. The van der Waals surface area contributed by atoms with Crippen LogP contribution in [0.25, 0.3) is 10.9 Å². The van der Waals surface area contributed by atoms with Crippen molar-refractivity contribution < 1.29 is 18.7 Å². The average Bonchev–Trinajstić information content (AvgIpc) is 3.17. The van der Waals surface area contributed by atoms with Gasteiger partial charge in [-0.1, -0.05) is 6.07 Å². The number of benzene rings is 2. The van der Waals surface area contributed by atoms with Gasteiger partial charge in [0.1, 0.15) is 17.1 Å². The van der Waals surface area contributed by atoms with Crippen LogP contribution in [0.2, 0.25) is 0 Å². The molecule has 2 heterocycles. The molecule has 0 unspecified atom stereocenters. The van der Waals surface area contributed by atoms with Gasteiger partial charge in [0.15, 0.2) is 0 Å². The minimum Gasteiger partial charge on any atom is -0.496 e. The van der Waals surface area contributed by atoms with Gasteiger partial charge in [-0.2, -0.15) is 0 Å². The van der Waals surface area contributed by atoms with E-state index in [9.17, 15) is 9.18 Å². The summed E-state index contributed by atoms with van der Waals surface area (Å²) in [5.74, 6) is 0.427. The standard InChI is InChI=1S/C24H27FN2O3/c1-3-30-24(28)20-12-16(4-7-23(20)29-2)15-27-10-8-17(9-11-27)21-14-26-22-13-18(25)5-6-19(21)22/h4-7,12-14,17,26H,3,8-11,15H2,1-2H3. The van der Waals surface area contributed by atoms with Crippen molar-refractivity contribution >= 4 is 16.9 Å². The van der Waals surface area contributed by atoms with Crippen LogP contribution in [0.3, 0.4) is 0 Å². The fraction of sp³-hybridized carbons (Fsp3) is 0.375. The predicted octanol–water partition coefficient (Wildman–Crippen LogP) is 4.87. The topological polar surface area (TPSA) is 54.6 Å². The van der Waals surface area contributed by atoms with E-state index in [0.717, 1.165) is 48.9 Å². The van der Waals surface area contributed by atoms with Crippen molar-refractivity contribution in [2.75, 3.05) is 26.8 Å². The number of likely N-dealkylation sites (tertiary alicyclic amines) is 1. The minimum atomic E-state index is -0.356. The molecule has 158 valence electrons. The molecule has 6 heteroatoms. The first-order chi connectivity index (χ1) is 14.6. The van der Waals surface area contributed by atoms with Crippen molar-refractivity contribution in [2.24, 2.45) is 0 Å². The van der Waals surface area contributed by atoms with Crippen molar-refractivity contribution in [3.8, 4) is 5.75 Å². The fourth-order valence-corrected chi connectivity index (χ4v) is 4.34. The maximum atomic E-state index is 13.5. The van der Waals surface area contributed by atoms with Crippen LogP contribution in [0.5, 0.6) is 5.75 Å². The lowest BCUT2D eigenvalue weighted by Gasteiger charge is -2.32. The summed E-state index contributed by atoms with van der Waals surface area (Å²) in [7, 11) is 1.56. The first-order valence-electron chi connectivity index (χ1n) is 10.4. The smallest absolute Gasteiger partial charge is 0.341 e. The first kappa shape index (κ1) is 20.4. The van der Waals surface area contributed by atoms with Crippen molar-refractivity contribution in [3.05, 3.63) is 65.1 Å². The van der Waals surface area contributed by atoms with Gasteiger partial charge in [-0.25, -0.2) is 9.18 Å². The number of rotatable bonds is 6. The molecule has 1 aromatic heterocycles. The van der Waals surface area contributed by atoms with E-state index in [2.05, 4.69) is 9.88 Å². The Hall–Kier alpha value is -2.86. The molecule has 1 aliphatic heterocycles. The SMILES string of the molecule is CCOC(=O)c1cc(CN2CCC(c3c[nH]c4cc(F)ccc34)CC2)ccc1OC. The number of esters is 1. The number of carbonyl (C=O) groups excluding carboxylic acids is 1. The molecule has 0 radical (unpaired) electrons. The van der Waals surface area contributed by atoms with Crippen molar-refractivity contribution in [1.29, 1.82) is 0 Å². The van der Waals surface area contributed by atoms with Gasteiger partial charge < -0.3 is 14.5 Å². The third-order valence-electron chi connectivity index (χ3n) is 5.87. The number of fused-ring (bicyclic) bond motifs is 1. The van der Waals surface area contributed by atoms with E-state index in [1.54, 1.807) is 20.1 Å². The molecule has 2 aromatic carbocycles. The quantitative estimate of drug-likeness (QED) is 0.589. The van der Waals surface area contributed by atoms with E-state index in [1.807, 2.05) is 30.5 Å². The van der Waals surface area contributed by atoms with Crippen molar-refractivity contribution in [1.82, 2.24) is 9.88 Å². The van der Waals surface area contributed by atoms with E-state index < -0.39 is 0 Å². The highest BCUT2D eigenvalue weighted by atomic mass is 19.1. The number of H-pyrrole nitrogens is 1. The zero-order valence-electron chi connectivity index (χ0n) is 17.4. The maximum Gasteiger partial charge on any atom is 0.341 e. The third kappa shape index (κ3) is 4.19. The second-order valence-electron chi connectivity index (χ2n) is 7.74. The zero-order valence-corrected chi connectivity index (χ0v) is 17.4. The molecule has 4 rings (SSSR count). The molecular weight excluding hydrogens is 383 g/mol. The number of hydrogen-bond donors (Lipinski definition) is 1. The minimum absolute atomic E-state index is 0.215. The van der Waals surface area contributed by atoms with E-state index in [-0.39, 0.29) is 11.8 Å². The Kier molecular flexibility index (Phi) is 6.04. The molecule has 0 bridgehead atoms. The van der Waals surface area contributed by atoms with Crippen LogP contribution in [-0.2, 0) is 11.3 Å². The van der Waals surface area contributed by atoms with Crippen LogP contribution in [-0.4, -0.2) is 42.7 Å². The molecule has 30 heavy (non-hydrogen) atoms. The summed E-state index contributed by atoms with van der Waals surface area (Å²) in [6.45, 7) is 4.85. The molecule has 0 saturated carbocycles. The highest BCUT2D eigenvalue weighted by Crippen LogP contribution is 2.34. The van der Waals surface area contributed by atoms with Gasteiger partial charge in [0.2, 0.25) is 0 Å². The molecule has 1 aliphatic rings. The van der Waals surface area contributed by atoms with Gasteiger partial charge >= 0.3 is 5.97 Å². The predicted molar refractivity (Wildman–Crippen MR) is 114 cm³/mol. The van der Waals surface area contributed by atoms with Crippen LogP contribution in [0.1, 0.15) is 47.2 Å². The molecule has 0 amide bonds. The lowest BCUT2D eigenvalue weighted by Crippen LogP contribution is -2.32. The summed E-state index contributed by atoms with van der Waals surface area (Å²) < 4.78 is 23.9. The summed E-state index contributed by atoms with van der Waals surface area (Å²) in [6.07, 6.45) is 4.12. The Balaban J connectivity index is 1.42. The Morgan fingerprint density at radius 2 is 2.00 bits per heavy atom. The number of carbonyl (C=O) groups is 1. The molecule has 1 fully saturated rings. The molecule has 0 aliphatic carbocycles. The molecule has 0 spiro atoms. The normalized spacial score (nSPS) is 15.4.